The van der Waals surface area contributed by atoms with E-state index in [1.54, 1.807) is 12.3 Å². The van der Waals surface area contributed by atoms with Crippen LogP contribution >= 0.6 is 0 Å². The van der Waals surface area contributed by atoms with Crippen LogP contribution in [0, 0.1) is 13.8 Å². The zero-order valence-corrected chi connectivity index (χ0v) is 12.9. The molecular weight excluding hydrogens is 278 g/mol. The lowest BCUT2D eigenvalue weighted by Crippen LogP contribution is -2.03. The largest absolute Gasteiger partial charge is 0.364 e. The molecule has 0 saturated carbocycles. The standard InChI is InChI=1S/C16H17N5O/c1-10(2)9-21-15(13-5-6-22-20-13)7-14(19-21)16-17-8-11(3)12(4)18-16/h5-8H,1,9H2,2-4H3. The molecule has 0 aliphatic rings. The van der Waals surface area contributed by atoms with E-state index in [1.807, 2.05) is 37.7 Å². The normalized spacial score (nSPS) is 10.9. The second kappa shape index (κ2) is 5.55. The first-order valence-corrected chi connectivity index (χ1v) is 6.98. The maximum Gasteiger partial charge on any atom is 0.180 e. The highest BCUT2D eigenvalue weighted by molar-refractivity contribution is 5.62. The minimum absolute atomic E-state index is 0.604. The molecule has 0 aliphatic carbocycles. The van der Waals surface area contributed by atoms with Crippen LogP contribution in [-0.2, 0) is 6.54 Å². The van der Waals surface area contributed by atoms with Gasteiger partial charge >= 0.3 is 0 Å². The molecule has 0 unspecified atom stereocenters. The molecule has 3 aromatic heterocycles. The van der Waals surface area contributed by atoms with E-state index in [-0.39, 0.29) is 0 Å². The van der Waals surface area contributed by atoms with E-state index >= 15 is 0 Å². The molecule has 3 aromatic rings. The molecule has 0 amide bonds. The number of allylic oxidation sites excluding steroid dienone is 1. The van der Waals surface area contributed by atoms with Crippen LogP contribution in [0.4, 0.5) is 0 Å². The molecule has 0 aliphatic heterocycles. The van der Waals surface area contributed by atoms with Crippen molar-refractivity contribution in [2.24, 2.45) is 0 Å². The van der Waals surface area contributed by atoms with Gasteiger partial charge in [0.25, 0.3) is 0 Å². The van der Waals surface area contributed by atoms with Gasteiger partial charge in [-0.2, -0.15) is 5.10 Å². The minimum atomic E-state index is 0.604. The number of aromatic nitrogens is 5. The third-order valence-corrected chi connectivity index (χ3v) is 3.35. The molecule has 3 rings (SSSR count). The van der Waals surface area contributed by atoms with Gasteiger partial charge in [0.1, 0.15) is 17.7 Å². The van der Waals surface area contributed by atoms with Gasteiger partial charge in [0.15, 0.2) is 5.82 Å². The number of aryl methyl sites for hydroxylation is 2. The van der Waals surface area contributed by atoms with Gasteiger partial charge in [-0.1, -0.05) is 17.3 Å². The number of nitrogens with zero attached hydrogens (tertiary/aromatic N) is 5. The average molecular weight is 295 g/mol. The quantitative estimate of drug-likeness (QED) is 0.691. The van der Waals surface area contributed by atoms with Gasteiger partial charge in [-0.25, -0.2) is 9.97 Å². The molecule has 0 fully saturated rings. The fourth-order valence-corrected chi connectivity index (χ4v) is 2.10. The van der Waals surface area contributed by atoms with Crippen molar-refractivity contribution in [3.63, 3.8) is 0 Å². The van der Waals surface area contributed by atoms with Gasteiger partial charge in [0.2, 0.25) is 0 Å². The Hall–Kier alpha value is -2.76. The lowest BCUT2D eigenvalue weighted by Gasteiger charge is -2.04. The van der Waals surface area contributed by atoms with E-state index in [0.717, 1.165) is 28.2 Å². The smallest absolute Gasteiger partial charge is 0.180 e. The fraction of sp³-hybridized carbons (Fsp3) is 0.250. The van der Waals surface area contributed by atoms with Crippen molar-refractivity contribution >= 4 is 0 Å². The predicted octanol–water partition coefficient (Wildman–Crippen LogP) is 3.19. The van der Waals surface area contributed by atoms with E-state index in [2.05, 4.69) is 26.8 Å². The molecule has 6 nitrogen and oxygen atoms in total. The summed E-state index contributed by atoms with van der Waals surface area (Å²) in [5.41, 5.74) is 5.30. The van der Waals surface area contributed by atoms with E-state index < -0.39 is 0 Å². The zero-order chi connectivity index (χ0) is 15.7. The molecule has 0 atom stereocenters. The third kappa shape index (κ3) is 2.67. The molecule has 22 heavy (non-hydrogen) atoms. The summed E-state index contributed by atoms with van der Waals surface area (Å²) in [6.45, 7) is 10.5. The van der Waals surface area contributed by atoms with Crippen LogP contribution in [0.2, 0.25) is 0 Å². The monoisotopic (exact) mass is 295 g/mol. The summed E-state index contributed by atoms with van der Waals surface area (Å²) in [7, 11) is 0. The van der Waals surface area contributed by atoms with E-state index in [0.29, 0.717) is 18.1 Å². The van der Waals surface area contributed by atoms with Gasteiger partial charge in [0, 0.05) is 18.0 Å². The Labute approximate surface area is 128 Å². The lowest BCUT2D eigenvalue weighted by atomic mass is 10.2. The van der Waals surface area contributed by atoms with Crippen molar-refractivity contribution in [3.05, 3.63) is 48.0 Å². The van der Waals surface area contributed by atoms with Crippen LogP contribution in [-0.4, -0.2) is 24.9 Å². The van der Waals surface area contributed by atoms with Crippen molar-refractivity contribution < 1.29 is 4.52 Å². The first kappa shape index (κ1) is 14.2. The molecule has 6 heteroatoms. The number of rotatable bonds is 4. The summed E-state index contributed by atoms with van der Waals surface area (Å²) < 4.78 is 6.78. The van der Waals surface area contributed by atoms with Gasteiger partial charge in [0.05, 0.1) is 12.2 Å². The topological polar surface area (TPSA) is 69.6 Å². The predicted molar refractivity (Wildman–Crippen MR) is 83.0 cm³/mol. The van der Waals surface area contributed by atoms with Crippen molar-refractivity contribution in [3.8, 4) is 22.9 Å². The van der Waals surface area contributed by atoms with Crippen molar-refractivity contribution in [2.75, 3.05) is 0 Å². The van der Waals surface area contributed by atoms with E-state index in [9.17, 15) is 0 Å². The van der Waals surface area contributed by atoms with Crippen molar-refractivity contribution in [1.82, 2.24) is 24.9 Å². The van der Waals surface area contributed by atoms with E-state index in [4.69, 9.17) is 4.52 Å². The first-order valence-electron chi connectivity index (χ1n) is 6.98. The highest BCUT2D eigenvalue weighted by atomic mass is 16.5. The minimum Gasteiger partial charge on any atom is -0.364 e. The van der Waals surface area contributed by atoms with Gasteiger partial charge in [-0.05, 0) is 32.4 Å². The molecule has 0 spiro atoms. The van der Waals surface area contributed by atoms with Crippen LogP contribution in [0.25, 0.3) is 22.9 Å². The van der Waals surface area contributed by atoms with Crippen molar-refractivity contribution in [2.45, 2.75) is 27.3 Å². The maximum atomic E-state index is 4.93. The Bertz CT molecular complexity index is 817. The summed E-state index contributed by atoms with van der Waals surface area (Å²) in [5, 5.41) is 8.58. The Kier molecular flexibility index (Phi) is 3.58. The van der Waals surface area contributed by atoms with Gasteiger partial charge < -0.3 is 4.52 Å². The molecule has 112 valence electrons. The summed E-state index contributed by atoms with van der Waals surface area (Å²) in [4.78, 5) is 8.88. The van der Waals surface area contributed by atoms with Crippen LogP contribution in [0.5, 0.6) is 0 Å². The Morgan fingerprint density at radius 3 is 2.77 bits per heavy atom. The van der Waals surface area contributed by atoms with Gasteiger partial charge in [-0.15, -0.1) is 0 Å². The molecule has 3 heterocycles. The molecule has 0 saturated heterocycles. The summed E-state index contributed by atoms with van der Waals surface area (Å²) in [6, 6.07) is 3.72. The van der Waals surface area contributed by atoms with Crippen LogP contribution in [0.15, 0.2) is 41.3 Å². The van der Waals surface area contributed by atoms with E-state index in [1.165, 1.54) is 0 Å². The third-order valence-electron chi connectivity index (χ3n) is 3.35. The molecule has 0 bridgehead atoms. The Balaban J connectivity index is 2.09. The summed E-state index contributed by atoms with van der Waals surface area (Å²) >= 11 is 0. The Morgan fingerprint density at radius 2 is 2.14 bits per heavy atom. The molecule has 0 aromatic carbocycles. The average Bonchev–Trinajstić information content (AvgIpc) is 3.10. The maximum absolute atomic E-state index is 4.93. The number of hydrogen-bond donors (Lipinski definition) is 0. The fourth-order valence-electron chi connectivity index (χ4n) is 2.10. The SMILES string of the molecule is C=C(C)Cn1nc(-c2ncc(C)c(C)n2)cc1-c1ccon1. The highest BCUT2D eigenvalue weighted by Gasteiger charge is 2.15. The van der Waals surface area contributed by atoms with Crippen LogP contribution in [0.1, 0.15) is 18.2 Å². The van der Waals surface area contributed by atoms with Gasteiger partial charge in [-0.3, -0.25) is 4.68 Å². The molecular formula is C16H17N5O. The lowest BCUT2D eigenvalue weighted by molar-refractivity contribution is 0.421. The molecule has 0 radical (unpaired) electrons. The number of hydrogen-bond acceptors (Lipinski definition) is 5. The summed E-state index contributed by atoms with van der Waals surface area (Å²) in [5.74, 6) is 0.605. The second-order valence-corrected chi connectivity index (χ2v) is 5.38. The Morgan fingerprint density at radius 1 is 1.32 bits per heavy atom. The van der Waals surface area contributed by atoms with Crippen molar-refractivity contribution in [1.29, 1.82) is 0 Å². The van der Waals surface area contributed by atoms with Crippen LogP contribution < -0.4 is 0 Å². The summed E-state index contributed by atoms with van der Waals surface area (Å²) in [6.07, 6.45) is 3.35. The zero-order valence-electron chi connectivity index (χ0n) is 12.9. The highest BCUT2D eigenvalue weighted by Crippen LogP contribution is 2.24. The van der Waals surface area contributed by atoms with Crippen LogP contribution in [0.3, 0.4) is 0 Å². The second-order valence-electron chi connectivity index (χ2n) is 5.38. The molecule has 0 N–H and O–H groups in total. The first-order chi connectivity index (χ1) is 10.5.